The van der Waals surface area contributed by atoms with E-state index in [4.69, 9.17) is 37.7 Å². The van der Waals surface area contributed by atoms with Crippen LogP contribution in [0.3, 0.4) is 0 Å². The molecule has 2 aliphatic rings. The third-order valence-electron chi connectivity index (χ3n) is 7.43. The molecule has 0 bridgehead atoms. The highest BCUT2D eigenvalue weighted by molar-refractivity contribution is 6.35. The van der Waals surface area contributed by atoms with Crippen LogP contribution in [0.15, 0.2) is 49.1 Å². The van der Waals surface area contributed by atoms with E-state index >= 15 is 0 Å². The second kappa shape index (κ2) is 12.0. The van der Waals surface area contributed by atoms with Gasteiger partial charge >= 0.3 is 5.97 Å². The predicted molar refractivity (Wildman–Crippen MR) is 155 cm³/mol. The van der Waals surface area contributed by atoms with Gasteiger partial charge in [0.25, 0.3) is 0 Å². The number of halogens is 2. The molecular formula is C29H29Cl2N7O3. The van der Waals surface area contributed by atoms with Crippen LogP contribution in [0, 0.1) is 5.92 Å². The zero-order valence-electron chi connectivity index (χ0n) is 22.5. The van der Waals surface area contributed by atoms with Crippen LogP contribution in [-0.2, 0) is 29.2 Å². The smallest absolute Gasteiger partial charge is 0.305 e. The highest BCUT2D eigenvalue weighted by Crippen LogP contribution is 2.31. The molecule has 0 aliphatic carbocycles. The van der Waals surface area contributed by atoms with Gasteiger partial charge in [-0.25, -0.2) is 19.9 Å². The van der Waals surface area contributed by atoms with Crippen LogP contribution in [0.25, 0.3) is 11.3 Å². The number of nitrogens with one attached hydrogen (secondary N) is 1. The van der Waals surface area contributed by atoms with Crippen molar-refractivity contribution in [2.75, 3.05) is 25.1 Å². The molecule has 1 fully saturated rings. The lowest BCUT2D eigenvalue weighted by Crippen LogP contribution is -2.34. The minimum absolute atomic E-state index is 0.145. The topological polar surface area (TPSA) is 109 Å². The quantitative estimate of drug-likeness (QED) is 0.259. The molecule has 1 N–H and O–H groups in total. The number of esters is 1. The molecule has 0 radical (unpaired) electrons. The first-order chi connectivity index (χ1) is 19.9. The molecule has 6 rings (SSSR count). The summed E-state index contributed by atoms with van der Waals surface area (Å²) < 4.78 is 11.0. The number of hydrogen-bond acceptors (Lipinski definition) is 9. The van der Waals surface area contributed by atoms with Gasteiger partial charge in [0.05, 0.1) is 56.0 Å². The average Bonchev–Trinajstić information content (AvgIpc) is 3.57. The number of ether oxygens (including phenoxy) is 2. The average molecular weight is 595 g/mol. The molecule has 0 amide bonds. The van der Waals surface area contributed by atoms with Gasteiger partial charge in [-0.15, -0.1) is 0 Å². The molecule has 1 saturated heterocycles. The largest absolute Gasteiger partial charge is 0.469 e. The predicted octanol–water partition coefficient (Wildman–Crippen LogP) is 5.66. The lowest BCUT2D eigenvalue weighted by Gasteiger charge is -2.31. The molecule has 212 valence electrons. The van der Waals surface area contributed by atoms with Crippen molar-refractivity contribution in [3.05, 3.63) is 76.0 Å². The van der Waals surface area contributed by atoms with Gasteiger partial charge in [0.15, 0.2) is 5.75 Å². The highest BCUT2D eigenvalue weighted by Gasteiger charge is 2.24. The second-order valence-corrected chi connectivity index (χ2v) is 11.2. The van der Waals surface area contributed by atoms with E-state index in [0.29, 0.717) is 65.3 Å². The molecule has 0 spiro atoms. The summed E-state index contributed by atoms with van der Waals surface area (Å²) in [4.78, 5) is 37.4. The summed E-state index contributed by atoms with van der Waals surface area (Å²) in [5.41, 5.74) is 4.62. The molecule has 0 unspecified atom stereocenters. The monoisotopic (exact) mass is 593 g/mol. The molecule has 0 atom stereocenters. The molecule has 5 heterocycles. The Labute approximate surface area is 247 Å². The number of carbonyl (C=O) groups is 1. The number of anilines is 1. The summed E-state index contributed by atoms with van der Waals surface area (Å²) in [5.74, 6) is 1.71. The summed E-state index contributed by atoms with van der Waals surface area (Å²) >= 11 is 12.6. The Bertz CT molecular complexity index is 1500. The maximum atomic E-state index is 11.7. The van der Waals surface area contributed by atoms with Crippen molar-refractivity contribution in [1.29, 1.82) is 0 Å². The lowest BCUT2D eigenvalue weighted by molar-refractivity contribution is -0.142. The molecule has 3 aromatic heterocycles. The van der Waals surface area contributed by atoms with Crippen molar-refractivity contribution in [2.24, 2.45) is 5.92 Å². The molecule has 0 saturated carbocycles. The van der Waals surface area contributed by atoms with Crippen molar-refractivity contribution in [2.45, 2.75) is 38.9 Å². The highest BCUT2D eigenvalue weighted by atomic mass is 35.5. The SMILES string of the molecule is COC(=O)CC1CCN(Cc2cc(Oc3cnc(N4Cc5nc[nH]c5C4)nc3)nc(-c3cc(Cl)cc(Cl)c3)c2)CC1. The van der Waals surface area contributed by atoms with Crippen LogP contribution in [0.2, 0.25) is 10.0 Å². The lowest BCUT2D eigenvalue weighted by atomic mass is 9.93. The summed E-state index contributed by atoms with van der Waals surface area (Å²) in [6.45, 7) is 3.84. The van der Waals surface area contributed by atoms with Gasteiger partial charge in [-0.1, -0.05) is 23.2 Å². The first-order valence-corrected chi connectivity index (χ1v) is 14.2. The van der Waals surface area contributed by atoms with E-state index in [2.05, 4.69) is 24.8 Å². The number of nitrogens with zero attached hydrogens (tertiary/aromatic N) is 6. The van der Waals surface area contributed by atoms with Crippen molar-refractivity contribution in [3.8, 4) is 22.9 Å². The molecule has 10 nitrogen and oxygen atoms in total. The summed E-state index contributed by atoms with van der Waals surface area (Å²) in [7, 11) is 1.44. The molecular weight excluding hydrogens is 565 g/mol. The van der Waals surface area contributed by atoms with E-state index in [1.54, 1.807) is 24.8 Å². The Balaban J connectivity index is 1.19. The van der Waals surface area contributed by atoms with E-state index in [-0.39, 0.29) is 5.97 Å². The summed E-state index contributed by atoms with van der Waals surface area (Å²) in [6.07, 6.45) is 7.38. The number of aromatic nitrogens is 5. The third kappa shape index (κ3) is 6.61. The Morgan fingerprint density at radius 1 is 1.02 bits per heavy atom. The van der Waals surface area contributed by atoms with E-state index in [1.165, 1.54) is 7.11 Å². The number of fused-ring (bicyclic) bond motifs is 1. The maximum Gasteiger partial charge on any atom is 0.305 e. The van der Waals surface area contributed by atoms with E-state index in [9.17, 15) is 4.79 Å². The van der Waals surface area contributed by atoms with E-state index in [1.807, 2.05) is 29.2 Å². The Kier molecular flexibility index (Phi) is 8.04. The van der Waals surface area contributed by atoms with E-state index in [0.717, 1.165) is 48.4 Å². The third-order valence-corrected chi connectivity index (χ3v) is 7.87. The van der Waals surface area contributed by atoms with Crippen LogP contribution < -0.4 is 9.64 Å². The van der Waals surface area contributed by atoms with Crippen LogP contribution in [0.5, 0.6) is 11.6 Å². The zero-order chi connectivity index (χ0) is 28.3. The summed E-state index contributed by atoms with van der Waals surface area (Å²) in [5, 5.41) is 1.06. The minimum Gasteiger partial charge on any atom is -0.469 e. The van der Waals surface area contributed by atoms with Gasteiger partial charge in [-0.3, -0.25) is 9.69 Å². The number of pyridine rings is 1. The minimum atomic E-state index is -0.145. The van der Waals surface area contributed by atoms with Crippen molar-refractivity contribution < 1.29 is 14.3 Å². The Hall–Kier alpha value is -3.73. The van der Waals surface area contributed by atoms with Gasteiger partial charge in [0, 0.05) is 34.6 Å². The number of rotatable bonds is 8. The Morgan fingerprint density at radius 3 is 2.49 bits per heavy atom. The maximum absolute atomic E-state index is 11.7. The number of aromatic amines is 1. The fraction of sp³-hybridized carbons (Fsp3) is 0.345. The number of imidazole rings is 1. The number of carbonyl (C=O) groups excluding carboxylic acids is 1. The van der Waals surface area contributed by atoms with Gasteiger partial charge < -0.3 is 19.4 Å². The van der Waals surface area contributed by atoms with Gasteiger partial charge in [0.2, 0.25) is 11.8 Å². The summed E-state index contributed by atoms with van der Waals surface area (Å²) in [6, 6.07) is 9.33. The fourth-order valence-corrected chi connectivity index (χ4v) is 5.84. The van der Waals surface area contributed by atoms with Crippen LogP contribution in [0.4, 0.5) is 5.95 Å². The standard InChI is InChI=1S/C29H29Cl2N7O3/c1-40-28(39)8-18-2-4-37(5-3-18)14-19-6-24(20-9-21(30)11-22(31)10-20)36-27(7-19)41-23-12-32-29(33-13-23)38-15-25-26(16-38)35-17-34-25/h6-7,9-13,17-18H,2-5,8,14-16H2,1H3,(H,34,35). The van der Waals surface area contributed by atoms with Crippen LogP contribution in [-0.4, -0.2) is 56.0 Å². The molecule has 4 aromatic rings. The van der Waals surface area contributed by atoms with Crippen molar-refractivity contribution in [1.82, 2.24) is 29.8 Å². The van der Waals surface area contributed by atoms with Crippen molar-refractivity contribution >= 4 is 35.1 Å². The van der Waals surface area contributed by atoms with Gasteiger partial charge in [-0.2, -0.15) is 0 Å². The second-order valence-electron chi connectivity index (χ2n) is 10.4. The number of benzene rings is 1. The van der Waals surface area contributed by atoms with Gasteiger partial charge in [0.1, 0.15) is 0 Å². The first kappa shape index (κ1) is 27.4. The number of H-pyrrole nitrogens is 1. The zero-order valence-corrected chi connectivity index (χ0v) is 24.0. The first-order valence-electron chi connectivity index (χ1n) is 13.4. The van der Waals surface area contributed by atoms with E-state index < -0.39 is 0 Å². The Morgan fingerprint density at radius 2 is 1.78 bits per heavy atom. The number of hydrogen-bond donors (Lipinski definition) is 1. The number of piperidine rings is 1. The molecule has 1 aromatic carbocycles. The van der Waals surface area contributed by atoms with Crippen LogP contribution in [0.1, 0.15) is 36.2 Å². The number of methoxy groups -OCH3 is 1. The molecule has 2 aliphatic heterocycles. The van der Waals surface area contributed by atoms with Crippen molar-refractivity contribution in [3.63, 3.8) is 0 Å². The van der Waals surface area contributed by atoms with Gasteiger partial charge in [-0.05, 0) is 61.7 Å². The normalized spacial score (nSPS) is 15.6. The molecule has 12 heteroatoms. The fourth-order valence-electron chi connectivity index (χ4n) is 5.32. The van der Waals surface area contributed by atoms with Crippen LogP contribution >= 0.6 is 23.2 Å². The number of likely N-dealkylation sites (tertiary alicyclic amines) is 1. The molecule has 41 heavy (non-hydrogen) atoms.